The number of rotatable bonds is 8. The van der Waals surface area contributed by atoms with Crippen molar-refractivity contribution in [1.29, 1.82) is 0 Å². The molecule has 9 heteroatoms. The Hall–Kier alpha value is -5.20. The number of hydrogen-bond donors (Lipinski definition) is 2. The number of nitrogens with two attached hydrogens (primary N) is 1. The highest BCUT2D eigenvalue weighted by molar-refractivity contribution is 8.01. The number of anilines is 1. The van der Waals surface area contributed by atoms with Crippen LogP contribution in [0.4, 0.5) is 5.69 Å². The van der Waals surface area contributed by atoms with Crippen molar-refractivity contribution in [3.8, 4) is 23.3 Å². The first kappa shape index (κ1) is 28.9. The molecule has 4 aromatic carbocycles. The van der Waals surface area contributed by atoms with Crippen molar-refractivity contribution >= 4 is 35.2 Å². The van der Waals surface area contributed by atoms with Gasteiger partial charge in [0.15, 0.2) is 11.5 Å². The van der Waals surface area contributed by atoms with E-state index in [1.54, 1.807) is 29.2 Å². The number of carbonyl (C=O) groups excluding carboxylic acids is 3. The Morgan fingerprint density at radius 2 is 1.64 bits per heavy atom. The lowest BCUT2D eigenvalue weighted by atomic mass is 10.1. The third-order valence-electron chi connectivity index (χ3n) is 7.31. The third kappa shape index (κ3) is 6.56. The van der Waals surface area contributed by atoms with Crippen molar-refractivity contribution in [2.45, 2.75) is 23.5 Å². The van der Waals surface area contributed by atoms with Crippen LogP contribution in [0.5, 0.6) is 11.5 Å². The summed E-state index contributed by atoms with van der Waals surface area (Å²) in [5.41, 5.74) is 10.0. The smallest absolute Gasteiger partial charge is 0.248 e. The average molecular weight is 604 g/mol. The maximum absolute atomic E-state index is 13.8. The predicted molar refractivity (Wildman–Crippen MR) is 169 cm³/mol. The Kier molecular flexibility index (Phi) is 8.52. The van der Waals surface area contributed by atoms with Gasteiger partial charge in [0.1, 0.15) is 5.37 Å². The van der Waals surface area contributed by atoms with Crippen LogP contribution in [0.1, 0.15) is 44.4 Å². The lowest BCUT2D eigenvalue weighted by Gasteiger charge is -2.24. The molecule has 4 aromatic rings. The average Bonchev–Trinajstić information content (AvgIpc) is 3.64. The van der Waals surface area contributed by atoms with Crippen LogP contribution < -0.4 is 25.4 Å². The topological polar surface area (TPSA) is 111 Å². The van der Waals surface area contributed by atoms with E-state index in [4.69, 9.17) is 15.2 Å². The van der Waals surface area contributed by atoms with E-state index in [9.17, 15) is 14.4 Å². The van der Waals surface area contributed by atoms with Gasteiger partial charge < -0.3 is 20.5 Å². The molecule has 0 aromatic heterocycles. The first-order chi connectivity index (χ1) is 21.4. The highest BCUT2D eigenvalue weighted by Crippen LogP contribution is 2.46. The van der Waals surface area contributed by atoms with Gasteiger partial charge in [-0.3, -0.25) is 19.3 Å². The Morgan fingerprint density at radius 3 is 2.41 bits per heavy atom. The quantitative estimate of drug-likeness (QED) is 0.280. The minimum Gasteiger partial charge on any atom is -0.454 e. The SMILES string of the molecule is NC(=O)c1cccc(N2C(=O)[C@@H](CC(=O)NCCc3ccc4c(c3)OCO4)S[C@H]2c2ccc(C#Cc3ccccc3)cc2)c1. The monoisotopic (exact) mass is 603 g/mol. The van der Waals surface area contributed by atoms with E-state index in [2.05, 4.69) is 17.2 Å². The second-order valence-electron chi connectivity index (χ2n) is 10.3. The van der Waals surface area contributed by atoms with Gasteiger partial charge >= 0.3 is 0 Å². The number of benzene rings is 4. The summed E-state index contributed by atoms with van der Waals surface area (Å²) in [4.78, 5) is 40.3. The number of carbonyl (C=O) groups is 3. The number of thioether (sulfide) groups is 1. The Balaban J connectivity index is 1.17. The van der Waals surface area contributed by atoms with Crippen LogP contribution in [0.2, 0.25) is 0 Å². The normalized spacial score (nSPS) is 16.7. The van der Waals surface area contributed by atoms with Crippen molar-refractivity contribution < 1.29 is 23.9 Å². The number of fused-ring (bicyclic) bond motifs is 1. The van der Waals surface area contributed by atoms with Gasteiger partial charge in [0.05, 0.1) is 5.25 Å². The van der Waals surface area contributed by atoms with Gasteiger partial charge in [-0.1, -0.05) is 54.3 Å². The van der Waals surface area contributed by atoms with E-state index in [0.29, 0.717) is 35.7 Å². The molecule has 3 N–H and O–H groups in total. The van der Waals surface area contributed by atoms with E-state index >= 15 is 0 Å². The fourth-order valence-corrected chi connectivity index (χ4v) is 6.51. The number of nitrogens with one attached hydrogen (secondary N) is 1. The van der Waals surface area contributed by atoms with Crippen LogP contribution in [0.25, 0.3) is 0 Å². The minimum absolute atomic E-state index is 0.0216. The van der Waals surface area contributed by atoms with Crippen molar-refractivity contribution in [1.82, 2.24) is 5.32 Å². The molecular weight excluding hydrogens is 574 g/mol. The molecule has 220 valence electrons. The fourth-order valence-electron chi connectivity index (χ4n) is 5.06. The molecule has 6 rings (SSSR count). The van der Waals surface area contributed by atoms with Crippen molar-refractivity contribution in [2.75, 3.05) is 18.2 Å². The Morgan fingerprint density at radius 1 is 0.886 bits per heavy atom. The van der Waals surface area contributed by atoms with E-state index in [0.717, 1.165) is 22.3 Å². The molecule has 2 aliphatic heterocycles. The summed E-state index contributed by atoms with van der Waals surface area (Å²) in [7, 11) is 0. The van der Waals surface area contributed by atoms with Crippen LogP contribution in [0.15, 0.2) is 97.1 Å². The van der Waals surface area contributed by atoms with E-state index in [1.807, 2.05) is 72.8 Å². The van der Waals surface area contributed by atoms with Gasteiger partial charge in [-0.15, -0.1) is 11.8 Å². The molecule has 44 heavy (non-hydrogen) atoms. The summed E-state index contributed by atoms with van der Waals surface area (Å²) in [6.07, 6.45) is 0.635. The van der Waals surface area contributed by atoms with E-state index in [1.165, 1.54) is 11.8 Å². The highest BCUT2D eigenvalue weighted by Gasteiger charge is 2.42. The van der Waals surface area contributed by atoms with Crippen LogP contribution in [0.3, 0.4) is 0 Å². The molecule has 0 aliphatic carbocycles. The molecule has 0 spiro atoms. The van der Waals surface area contributed by atoms with Gasteiger partial charge in [-0.05, 0) is 72.1 Å². The Bertz CT molecular complexity index is 1760. The zero-order valence-corrected chi connectivity index (χ0v) is 24.5. The summed E-state index contributed by atoms with van der Waals surface area (Å²) in [6.45, 7) is 0.628. The van der Waals surface area contributed by atoms with Crippen molar-refractivity contribution in [2.24, 2.45) is 5.73 Å². The highest BCUT2D eigenvalue weighted by atomic mass is 32.2. The third-order valence-corrected chi connectivity index (χ3v) is 8.75. The first-order valence-electron chi connectivity index (χ1n) is 14.2. The molecule has 2 atom stereocenters. The van der Waals surface area contributed by atoms with Crippen molar-refractivity contribution in [3.05, 3.63) is 125 Å². The summed E-state index contributed by atoms with van der Waals surface area (Å²) >= 11 is 1.41. The van der Waals surface area contributed by atoms with Gasteiger partial charge in [0, 0.05) is 35.3 Å². The molecule has 0 radical (unpaired) electrons. The molecule has 0 saturated carbocycles. The number of ether oxygens (including phenoxy) is 2. The standard InChI is InChI=1S/C35H29N3O5S/c36-33(40)27-7-4-8-28(20-27)38-34(41)31(21-32(39)37-18-17-25-13-16-29-30(19-25)43-22-42-29)44-35(38)26-14-11-24(12-15-26)10-9-23-5-2-1-3-6-23/h1-8,11-16,19-20,31,35H,17-18,21-22H2,(H2,36,40)(H,37,39)/t31-,35+/m1/s1. The zero-order valence-electron chi connectivity index (χ0n) is 23.7. The molecule has 8 nitrogen and oxygen atoms in total. The van der Waals surface area contributed by atoms with E-state index in [-0.39, 0.29) is 25.0 Å². The molecule has 1 fully saturated rings. The molecule has 0 unspecified atom stereocenters. The predicted octanol–water partition coefficient (Wildman–Crippen LogP) is 4.81. The number of amides is 3. The second kappa shape index (κ2) is 13.0. The molecule has 1 saturated heterocycles. The lowest BCUT2D eigenvalue weighted by Crippen LogP contribution is -2.34. The second-order valence-corrected chi connectivity index (χ2v) is 11.6. The first-order valence-corrected chi connectivity index (χ1v) is 15.1. The van der Waals surface area contributed by atoms with Gasteiger partial charge in [-0.25, -0.2) is 0 Å². The maximum Gasteiger partial charge on any atom is 0.248 e. The van der Waals surface area contributed by atoms with Gasteiger partial charge in [-0.2, -0.15) is 0 Å². The number of nitrogens with zero attached hydrogens (tertiary/aromatic N) is 1. The zero-order chi connectivity index (χ0) is 30.5. The molecular formula is C35H29N3O5S. The summed E-state index contributed by atoms with van der Waals surface area (Å²) < 4.78 is 10.8. The summed E-state index contributed by atoms with van der Waals surface area (Å²) in [5, 5.41) is 1.92. The minimum atomic E-state index is -0.611. The summed E-state index contributed by atoms with van der Waals surface area (Å²) in [5.74, 6) is 6.74. The molecule has 2 heterocycles. The lowest BCUT2D eigenvalue weighted by molar-refractivity contribution is -0.124. The summed E-state index contributed by atoms with van der Waals surface area (Å²) in [6, 6.07) is 29.9. The van der Waals surface area contributed by atoms with Crippen molar-refractivity contribution in [3.63, 3.8) is 0 Å². The number of hydrogen-bond acceptors (Lipinski definition) is 6. The molecule has 3 amide bonds. The largest absolute Gasteiger partial charge is 0.454 e. The molecule has 0 bridgehead atoms. The van der Waals surface area contributed by atoms with Crippen LogP contribution in [0, 0.1) is 11.8 Å². The number of primary amides is 1. The fraction of sp³-hybridized carbons (Fsp3) is 0.171. The van der Waals surface area contributed by atoms with Gasteiger partial charge in [0.2, 0.25) is 24.5 Å². The molecule has 2 aliphatic rings. The Labute approximate surface area is 259 Å². The van der Waals surface area contributed by atoms with Crippen LogP contribution in [-0.4, -0.2) is 36.3 Å². The van der Waals surface area contributed by atoms with Crippen LogP contribution >= 0.6 is 11.8 Å². The van der Waals surface area contributed by atoms with E-state index < -0.39 is 16.5 Å². The van der Waals surface area contributed by atoms with Gasteiger partial charge in [0.25, 0.3) is 0 Å². The maximum atomic E-state index is 13.8. The van der Waals surface area contributed by atoms with Crippen LogP contribution in [-0.2, 0) is 16.0 Å².